The van der Waals surface area contributed by atoms with E-state index in [1.165, 1.54) is 22.3 Å². The summed E-state index contributed by atoms with van der Waals surface area (Å²) in [6.45, 7) is 10.7. The first-order valence-electron chi connectivity index (χ1n) is 53.6. The van der Waals surface area contributed by atoms with Gasteiger partial charge in [0, 0.05) is 0 Å². The van der Waals surface area contributed by atoms with Crippen LogP contribution in [0.1, 0.15) is 279 Å². The Labute approximate surface area is 850 Å². The van der Waals surface area contributed by atoms with Crippen molar-refractivity contribution in [2.24, 2.45) is 71.0 Å². The summed E-state index contributed by atoms with van der Waals surface area (Å²) in [5.41, 5.74) is 9.20. The van der Waals surface area contributed by atoms with Crippen molar-refractivity contribution in [3.63, 3.8) is 0 Å². The van der Waals surface area contributed by atoms with Crippen LogP contribution < -0.4 is 18.9 Å². The summed E-state index contributed by atoms with van der Waals surface area (Å²) in [5.74, 6) is 0.468. The van der Waals surface area contributed by atoms with Crippen molar-refractivity contribution in [1.29, 1.82) is 0 Å². The molecule has 4 aromatic carbocycles. The third-order valence-corrected chi connectivity index (χ3v) is 30.4. The molecule has 8 aliphatic rings. The number of hydrogen-bond donors (Lipinski definition) is 12. The molecule has 4 fully saturated rings. The number of aliphatic hydroxyl groups excluding tert-OH is 8. The second kappa shape index (κ2) is 63.9. The number of carboxylic acids is 4. The maximum absolute atomic E-state index is 12.3. The maximum atomic E-state index is 12.3. The molecule has 32 heteroatoms. The molecule has 22 atom stereocenters. The number of aliphatic hydroxyl groups is 8. The van der Waals surface area contributed by atoms with Crippen molar-refractivity contribution in [2.75, 3.05) is 92.5 Å². The van der Waals surface area contributed by atoms with Gasteiger partial charge < -0.3 is 118 Å². The first-order chi connectivity index (χ1) is 69.3. The van der Waals surface area contributed by atoms with Crippen LogP contribution >= 0.6 is 0 Å². The van der Waals surface area contributed by atoms with Crippen molar-refractivity contribution >= 4 is 47.8 Å². The van der Waals surface area contributed by atoms with E-state index in [0.717, 1.165) is 253 Å². The second-order valence-corrected chi connectivity index (χ2v) is 41.2. The summed E-state index contributed by atoms with van der Waals surface area (Å²) >= 11 is 0. The molecule has 2 unspecified atom stereocenters. The Kier molecular flexibility index (Phi) is 52.8. The van der Waals surface area contributed by atoms with Gasteiger partial charge >= 0.3 is 47.8 Å². The summed E-state index contributed by atoms with van der Waals surface area (Å²) in [6, 6.07) is 23.6. The molecule has 0 aromatic heterocycles. The number of fused-ring (bicyclic) bond motifs is 8. The number of carbonyl (C=O) groups excluding carboxylic acids is 4. The van der Waals surface area contributed by atoms with Crippen LogP contribution in [0.3, 0.4) is 0 Å². The first-order valence-corrected chi connectivity index (χ1v) is 53.6. The second-order valence-electron chi connectivity index (χ2n) is 41.2. The average Bonchev–Trinajstić information content (AvgIpc) is 1.63. The molecule has 4 saturated carbocycles. The lowest BCUT2D eigenvalue weighted by atomic mass is 9.73. The van der Waals surface area contributed by atoms with Crippen LogP contribution in [0.2, 0.25) is 0 Å². The van der Waals surface area contributed by atoms with E-state index in [9.17, 15) is 79.2 Å². The summed E-state index contributed by atoms with van der Waals surface area (Å²) in [6.07, 6.45) is 29.1. The van der Waals surface area contributed by atoms with Gasteiger partial charge in [0.05, 0.1) is 101 Å². The Morgan fingerprint density at radius 3 is 0.861 bits per heavy atom. The van der Waals surface area contributed by atoms with Gasteiger partial charge in [0.15, 0.2) is 26.4 Å². The summed E-state index contributed by atoms with van der Waals surface area (Å²) in [7, 11) is 0. The van der Waals surface area contributed by atoms with E-state index < -0.39 is 73.2 Å². The number of carbonyl (C=O) groups is 8. The maximum Gasteiger partial charge on any atom is 0.344 e. The zero-order chi connectivity index (χ0) is 104. The van der Waals surface area contributed by atoms with E-state index >= 15 is 0 Å². The molecular formula is C112H168O32. The van der Waals surface area contributed by atoms with Crippen molar-refractivity contribution < 1.29 is 156 Å². The Bertz CT molecular complexity index is 4500. The number of benzene rings is 4. The van der Waals surface area contributed by atoms with Gasteiger partial charge in [0.25, 0.3) is 0 Å². The number of unbranched alkanes of at least 4 members (excludes halogenated alkanes) is 8. The standard InChI is InChI=1S/C29H44O8.2C28H42O8.C27H40O8/c1-3-4-5-8-22(30)10-11-23-24-14-20-7-6-9-27(25(20)15-21(24)16-26(23)31)36-18-29(34)37-19(2)17-35-13-12-28(32)33;1-3-4-5-8-21(29)10-11-22-23-12-19-7-6-9-26(24(19)13-20(23)14-25(22)30)35-17-28(33)36-18(2)15-34-16-27(31)32;1-2-3-4-7-21(29)9-10-22-23-15-19-6-5-8-26(24(19)16-20(23)17-25(22)30)36-18-28(33)35-14-13-34-12-11-27(31)32;1-2-3-4-7-20(28)9-10-21-22-13-18-6-5-8-25(23(18)14-19(22)15-24(21)29)35-17-27(32)34-12-11-33-16-26(30)31/h6-7,9,19,21-24,26,30-31H,3-5,8,10-18H2,1-2H3,(H,32,33);6-7,9,18,20-23,25,29-30H,3-5,8,10-17H2,1-2H3,(H,31,32);5-6,8,20-23,25,29-30H,2-4,7,9-18H2,1H3,(H,31,32);5-6,8,19-22,24,28-29H,2-4,7,9-17H2,1H3,(H,30,31)/t19?,21-,22-,23+,24-,26+;18?,20-,21-,22+,23-,25+;20-,21-,22+,23-,25+;19-,20-,21+,22-,24+/m0000/s1. The van der Waals surface area contributed by atoms with Crippen LogP contribution in [-0.2, 0) is 128 Å². The highest BCUT2D eigenvalue weighted by molar-refractivity contribution is 5.73. The fraction of sp³-hybridized carbons (Fsp3) is 0.714. The van der Waals surface area contributed by atoms with Crippen molar-refractivity contribution in [3.05, 3.63) is 117 Å². The summed E-state index contributed by atoms with van der Waals surface area (Å²) in [4.78, 5) is 90.4. The van der Waals surface area contributed by atoms with Gasteiger partial charge in [-0.3, -0.25) is 9.59 Å². The first kappa shape index (κ1) is 119. The Morgan fingerprint density at radius 1 is 0.306 bits per heavy atom. The Hall–Kier alpha value is -8.64. The minimum Gasteiger partial charge on any atom is -0.482 e. The number of ether oxygens (including phenoxy) is 12. The third kappa shape index (κ3) is 40.1. The van der Waals surface area contributed by atoms with E-state index in [0.29, 0.717) is 70.3 Å². The van der Waals surface area contributed by atoms with Gasteiger partial charge in [-0.1, -0.05) is 153 Å². The predicted molar refractivity (Wildman–Crippen MR) is 535 cm³/mol. The van der Waals surface area contributed by atoms with Crippen LogP contribution in [0.4, 0.5) is 0 Å². The van der Waals surface area contributed by atoms with E-state index in [-0.39, 0.29) is 165 Å². The lowest BCUT2D eigenvalue weighted by Crippen LogP contribution is -2.28. The molecule has 0 spiro atoms. The molecule has 12 rings (SSSR count). The predicted octanol–water partition coefficient (Wildman–Crippen LogP) is 14.1. The quantitative estimate of drug-likeness (QED) is 0.0111. The monoisotopic (exact) mass is 2030 g/mol. The van der Waals surface area contributed by atoms with Crippen LogP contribution in [0.5, 0.6) is 23.0 Å². The Balaban J connectivity index is 0.000000214. The van der Waals surface area contributed by atoms with Crippen LogP contribution in [0.15, 0.2) is 72.8 Å². The van der Waals surface area contributed by atoms with E-state index in [2.05, 4.69) is 52.0 Å². The van der Waals surface area contributed by atoms with Crippen molar-refractivity contribution in [2.45, 2.75) is 347 Å². The lowest BCUT2D eigenvalue weighted by molar-refractivity contribution is -0.155. The lowest BCUT2D eigenvalue weighted by Gasteiger charge is -2.32. The number of aliphatic carboxylic acids is 4. The average molecular weight is 2030 g/mol. The molecule has 32 nitrogen and oxygen atoms in total. The zero-order valence-corrected chi connectivity index (χ0v) is 85.9. The van der Waals surface area contributed by atoms with E-state index in [4.69, 9.17) is 77.3 Å². The van der Waals surface area contributed by atoms with Gasteiger partial charge in [0.1, 0.15) is 61.6 Å². The van der Waals surface area contributed by atoms with Gasteiger partial charge in [-0.05, 0) is 308 Å². The molecular weight excluding hydrogens is 1860 g/mol. The summed E-state index contributed by atoms with van der Waals surface area (Å²) < 4.78 is 64.1. The largest absolute Gasteiger partial charge is 0.482 e. The normalized spacial score (nSPS) is 24.0. The van der Waals surface area contributed by atoms with Gasteiger partial charge in [-0.2, -0.15) is 0 Å². The highest BCUT2D eigenvalue weighted by atomic mass is 16.6. The molecule has 12 N–H and O–H groups in total. The molecule has 144 heavy (non-hydrogen) atoms. The molecule has 0 amide bonds. The molecule has 0 radical (unpaired) electrons. The van der Waals surface area contributed by atoms with Crippen LogP contribution in [-0.4, -0.2) is 263 Å². The molecule has 0 saturated heterocycles. The highest BCUT2D eigenvalue weighted by Crippen LogP contribution is 2.54. The van der Waals surface area contributed by atoms with Gasteiger partial charge in [-0.15, -0.1) is 0 Å². The fourth-order valence-corrected chi connectivity index (χ4v) is 23.2. The molecule has 0 heterocycles. The van der Waals surface area contributed by atoms with Gasteiger partial charge in [-0.25, -0.2) is 28.8 Å². The SMILES string of the molecule is CCCCC[C@H](O)CC[C@@H]1[C@H]2Cc3cccc(OCC(=O)OC(C)COCC(=O)O)c3C[C@H]2C[C@H]1O.CCCCC[C@H](O)CC[C@@H]1[C@H]2Cc3cccc(OCC(=O)OC(C)COCCC(=O)O)c3C[C@H]2C[C@H]1O.CCCCC[C@H](O)CC[C@@H]1[C@H]2Cc3cccc(OCC(=O)OCCOCC(=O)O)c3C[C@H]2C[C@H]1O.CCCCC[C@H](O)CC[C@@H]1[C@H]2Cc3cccc(OCC(=O)OCCOCCC(=O)O)c3C[C@H]2C[C@H]1O. The number of carboxylic acid groups (broad SMARTS) is 4. The highest BCUT2D eigenvalue weighted by Gasteiger charge is 2.50. The van der Waals surface area contributed by atoms with Crippen molar-refractivity contribution in [3.8, 4) is 23.0 Å². The molecule has 808 valence electrons. The van der Waals surface area contributed by atoms with Gasteiger partial charge in [0.2, 0.25) is 0 Å². The van der Waals surface area contributed by atoms with Crippen LogP contribution in [0.25, 0.3) is 0 Å². The molecule has 4 aromatic rings. The topological polar surface area (TPSA) is 490 Å². The fourth-order valence-electron chi connectivity index (χ4n) is 23.2. The minimum absolute atomic E-state index is 0.00110. The number of esters is 4. The molecule has 0 bridgehead atoms. The van der Waals surface area contributed by atoms with Crippen LogP contribution in [0, 0.1) is 71.0 Å². The smallest absolute Gasteiger partial charge is 0.344 e. The van der Waals surface area contributed by atoms with E-state index in [1.54, 1.807) is 13.8 Å². The molecule has 0 aliphatic heterocycles. The number of rotatable bonds is 62. The summed E-state index contributed by atoms with van der Waals surface area (Å²) in [5, 5.41) is 119. The zero-order valence-electron chi connectivity index (χ0n) is 85.9. The third-order valence-electron chi connectivity index (χ3n) is 30.4. The number of hydrogen-bond acceptors (Lipinski definition) is 28. The Morgan fingerprint density at radius 2 is 0.576 bits per heavy atom. The molecule has 8 aliphatic carbocycles. The van der Waals surface area contributed by atoms with Crippen molar-refractivity contribution in [1.82, 2.24) is 0 Å². The van der Waals surface area contributed by atoms with E-state index in [1.807, 2.05) is 48.5 Å². The minimum atomic E-state index is -1.07.